The molecule has 0 radical (unpaired) electrons. The topological polar surface area (TPSA) is 148 Å². The van der Waals surface area contributed by atoms with E-state index in [1.807, 2.05) is 6.92 Å². The van der Waals surface area contributed by atoms with E-state index in [0.29, 0.717) is 43.2 Å². The molecule has 2 saturated heterocycles. The summed E-state index contributed by atoms with van der Waals surface area (Å²) in [4.78, 5) is 0.237. The van der Waals surface area contributed by atoms with E-state index < -0.39 is 26.2 Å². The van der Waals surface area contributed by atoms with Gasteiger partial charge in [0.1, 0.15) is 18.5 Å². The first-order chi connectivity index (χ1) is 17.4. The van der Waals surface area contributed by atoms with Crippen molar-refractivity contribution in [1.82, 2.24) is 9.62 Å². The minimum Gasteiger partial charge on any atom is -0.491 e. The molecule has 0 unspecified atom stereocenters. The number of sulfonamides is 2. The Morgan fingerprint density at radius 3 is 2.59 bits per heavy atom. The molecule has 2 aromatic rings. The highest BCUT2D eigenvalue weighted by Crippen LogP contribution is 2.37. The molecule has 13 heteroatoms. The van der Waals surface area contributed by atoms with Crippen molar-refractivity contribution in [1.29, 1.82) is 0 Å². The summed E-state index contributed by atoms with van der Waals surface area (Å²) in [5.41, 5.74) is 0.488. The van der Waals surface area contributed by atoms with E-state index in [2.05, 4.69) is 21.2 Å². The number of nitrogens with one attached hydrogen (secondary N) is 1. The first-order valence-electron chi connectivity index (χ1n) is 12.0. The second kappa shape index (κ2) is 11.3. The van der Waals surface area contributed by atoms with Gasteiger partial charge in [0.2, 0.25) is 20.0 Å². The third kappa shape index (κ3) is 6.90. The third-order valence-electron chi connectivity index (χ3n) is 6.83. The highest BCUT2D eigenvalue weighted by molar-refractivity contribution is 9.10. The number of halogens is 1. The van der Waals surface area contributed by atoms with Gasteiger partial charge in [-0.3, -0.25) is 0 Å². The molecular formula is C24H32BrN3O7S2. The Labute approximate surface area is 226 Å². The lowest BCUT2D eigenvalue weighted by Gasteiger charge is -2.38. The van der Waals surface area contributed by atoms with Crippen molar-refractivity contribution in [3.8, 4) is 5.75 Å². The summed E-state index contributed by atoms with van der Waals surface area (Å²) in [6.07, 6.45) is 1.11. The standard InChI is InChI=1S/C24H32BrN3O7S2/c1-17-11-22(5-6-23(17)25)37(32,33)28-9-7-24(8-10-28)13-18(15-35-24)27-14-19(29)16-34-20-3-2-4-21(12-20)36(26,30)31/h2-6,11-12,18-19,27,29H,7-10,13-16H2,1H3,(H2,26,30,31)/t18-,19+/m1/s1. The zero-order valence-electron chi connectivity index (χ0n) is 20.5. The van der Waals surface area contributed by atoms with Gasteiger partial charge >= 0.3 is 0 Å². The van der Waals surface area contributed by atoms with Crippen molar-refractivity contribution < 1.29 is 31.4 Å². The number of rotatable bonds is 9. The van der Waals surface area contributed by atoms with Crippen LogP contribution in [0.25, 0.3) is 0 Å². The van der Waals surface area contributed by atoms with Crippen LogP contribution in [0.15, 0.2) is 56.7 Å². The quantitative estimate of drug-likeness (QED) is 0.385. The molecule has 37 heavy (non-hydrogen) atoms. The monoisotopic (exact) mass is 617 g/mol. The summed E-state index contributed by atoms with van der Waals surface area (Å²) >= 11 is 3.41. The average Bonchev–Trinajstić information content (AvgIpc) is 3.25. The number of primary sulfonamides is 1. The second-order valence-corrected chi connectivity index (χ2v) is 14.0. The maximum atomic E-state index is 13.1. The fourth-order valence-corrected chi connectivity index (χ4v) is 7.00. The summed E-state index contributed by atoms with van der Waals surface area (Å²) in [5, 5.41) is 18.8. The van der Waals surface area contributed by atoms with Gasteiger partial charge in [0.25, 0.3) is 0 Å². The molecule has 2 aromatic carbocycles. The van der Waals surface area contributed by atoms with Gasteiger partial charge in [0.05, 0.1) is 22.0 Å². The molecule has 2 heterocycles. The zero-order valence-corrected chi connectivity index (χ0v) is 23.7. The molecule has 2 fully saturated rings. The Morgan fingerprint density at radius 2 is 1.92 bits per heavy atom. The largest absolute Gasteiger partial charge is 0.491 e. The fourth-order valence-electron chi connectivity index (χ4n) is 4.68. The Kier molecular flexibility index (Phi) is 8.65. The number of nitrogens with two attached hydrogens (primary N) is 1. The fraction of sp³-hybridized carbons (Fsp3) is 0.500. The molecular weight excluding hydrogens is 586 g/mol. The molecule has 4 rings (SSSR count). The molecule has 10 nitrogen and oxygen atoms in total. The van der Waals surface area contributed by atoms with Crippen LogP contribution in [0.3, 0.4) is 0 Å². The minimum atomic E-state index is -3.84. The molecule has 0 amide bonds. The highest BCUT2D eigenvalue weighted by atomic mass is 79.9. The normalized spacial score (nSPS) is 21.2. The van der Waals surface area contributed by atoms with Crippen molar-refractivity contribution >= 4 is 36.0 Å². The Balaban J connectivity index is 1.23. The van der Waals surface area contributed by atoms with Crippen LogP contribution in [-0.4, -0.2) is 76.8 Å². The summed E-state index contributed by atoms with van der Waals surface area (Å²) in [6, 6.07) is 10.9. The van der Waals surface area contributed by atoms with Gasteiger partial charge in [-0.1, -0.05) is 22.0 Å². The molecule has 0 saturated carbocycles. The maximum Gasteiger partial charge on any atom is 0.243 e. The van der Waals surface area contributed by atoms with E-state index in [0.717, 1.165) is 16.5 Å². The Hall–Kier alpha value is -1.58. The van der Waals surface area contributed by atoms with Gasteiger partial charge in [-0.15, -0.1) is 0 Å². The van der Waals surface area contributed by atoms with Gasteiger partial charge in [0, 0.05) is 36.2 Å². The van der Waals surface area contributed by atoms with Gasteiger partial charge in [-0.25, -0.2) is 22.0 Å². The van der Waals surface area contributed by atoms with Crippen molar-refractivity contribution in [2.24, 2.45) is 5.14 Å². The lowest BCUT2D eigenvalue weighted by Crippen LogP contribution is -2.47. The van der Waals surface area contributed by atoms with Crippen molar-refractivity contribution in [2.75, 3.05) is 32.8 Å². The Bertz CT molecular complexity index is 1330. The number of aliphatic hydroxyl groups is 1. The number of aliphatic hydroxyl groups excluding tert-OH is 1. The molecule has 2 aliphatic rings. The van der Waals surface area contributed by atoms with Gasteiger partial charge in [-0.2, -0.15) is 4.31 Å². The van der Waals surface area contributed by atoms with Crippen LogP contribution in [0.5, 0.6) is 5.75 Å². The van der Waals surface area contributed by atoms with Crippen LogP contribution in [0.4, 0.5) is 0 Å². The van der Waals surface area contributed by atoms with Crippen LogP contribution in [-0.2, 0) is 24.8 Å². The molecule has 4 N–H and O–H groups in total. The molecule has 0 aliphatic carbocycles. The maximum absolute atomic E-state index is 13.1. The van der Waals surface area contributed by atoms with Gasteiger partial charge < -0.3 is 19.9 Å². The summed E-state index contributed by atoms with van der Waals surface area (Å²) in [6.45, 7) is 3.35. The summed E-state index contributed by atoms with van der Waals surface area (Å²) < 4.78 is 63.2. The number of aryl methyl sites for hydroxylation is 1. The molecule has 2 atom stereocenters. The van der Waals surface area contributed by atoms with E-state index in [9.17, 15) is 21.9 Å². The van der Waals surface area contributed by atoms with E-state index in [-0.39, 0.29) is 29.7 Å². The van der Waals surface area contributed by atoms with Crippen LogP contribution < -0.4 is 15.2 Å². The minimum absolute atomic E-state index is 0.0256. The summed E-state index contributed by atoms with van der Waals surface area (Å²) in [5.74, 6) is 0.300. The number of benzene rings is 2. The van der Waals surface area contributed by atoms with E-state index in [4.69, 9.17) is 14.6 Å². The molecule has 1 spiro atoms. The van der Waals surface area contributed by atoms with Crippen LogP contribution >= 0.6 is 15.9 Å². The van der Waals surface area contributed by atoms with Crippen LogP contribution in [0.2, 0.25) is 0 Å². The van der Waals surface area contributed by atoms with Crippen molar-refractivity contribution in [3.05, 3.63) is 52.5 Å². The second-order valence-electron chi connectivity index (χ2n) is 9.60. The number of hydrogen-bond acceptors (Lipinski definition) is 8. The van der Waals surface area contributed by atoms with Crippen LogP contribution in [0, 0.1) is 6.92 Å². The highest BCUT2D eigenvalue weighted by Gasteiger charge is 2.44. The number of piperidine rings is 1. The molecule has 204 valence electrons. The summed E-state index contributed by atoms with van der Waals surface area (Å²) in [7, 11) is -7.40. The lowest BCUT2D eigenvalue weighted by atomic mass is 9.88. The first kappa shape index (κ1) is 28.4. The van der Waals surface area contributed by atoms with Crippen molar-refractivity contribution in [2.45, 2.75) is 53.7 Å². The van der Waals surface area contributed by atoms with E-state index >= 15 is 0 Å². The lowest BCUT2D eigenvalue weighted by molar-refractivity contribution is -0.0312. The van der Waals surface area contributed by atoms with E-state index in [1.54, 1.807) is 24.3 Å². The number of hydrogen-bond donors (Lipinski definition) is 3. The number of ether oxygens (including phenoxy) is 2. The van der Waals surface area contributed by atoms with Gasteiger partial charge in [0.15, 0.2) is 0 Å². The first-order valence-corrected chi connectivity index (χ1v) is 15.7. The molecule has 0 aromatic heterocycles. The zero-order chi connectivity index (χ0) is 26.8. The third-order valence-corrected chi connectivity index (χ3v) is 10.5. The smallest absolute Gasteiger partial charge is 0.243 e. The van der Waals surface area contributed by atoms with E-state index in [1.165, 1.54) is 22.5 Å². The van der Waals surface area contributed by atoms with Crippen LogP contribution in [0.1, 0.15) is 24.8 Å². The predicted octanol–water partition coefficient (Wildman–Crippen LogP) is 1.75. The SMILES string of the molecule is Cc1cc(S(=O)(=O)N2CCC3(CC2)C[C@@H](NC[C@H](O)COc2cccc(S(N)(=O)=O)c2)CO3)ccc1Br. The van der Waals surface area contributed by atoms with Crippen molar-refractivity contribution in [3.63, 3.8) is 0 Å². The van der Waals surface area contributed by atoms with Gasteiger partial charge in [-0.05, 0) is 62.1 Å². The molecule has 0 bridgehead atoms. The predicted molar refractivity (Wildman–Crippen MR) is 141 cm³/mol. The average molecular weight is 619 g/mol. The number of nitrogens with zero attached hydrogens (tertiary/aromatic N) is 1. The molecule has 2 aliphatic heterocycles. The Morgan fingerprint density at radius 1 is 1.19 bits per heavy atom.